The van der Waals surface area contributed by atoms with Crippen LogP contribution in [0.15, 0.2) is 23.8 Å². The molecule has 6 nitrogen and oxygen atoms in total. The molecule has 0 aromatic carbocycles. The molecule has 0 unspecified atom stereocenters. The minimum atomic E-state index is -0.610. The number of carbonyl (C=O) groups excluding carboxylic acids is 2. The fraction of sp³-hybridized carbons (Fsp3) is 0.760. The lowest BCUT2D eigenvalue weighted by Crippen LogP contribution is -2.62. The van der Waals surface area contributed by atoms with E-state index >= 15 is 0 Å². The Balaban J connectivity index is 1.59. The van der Waals surface area contributed by atoms with Crippen LogP contribution in [-0.2, 0) is 28.5 Å². The van der Waals surface area contributed by atoms with Gasteiger partial charge in [0.1, 0.15) is 6.61 Å². The van der Waals surface area contributed by atoms with Crippen molar-refractivity contribution >= 4 is 11.9 Å². The van der Waals surface area contributed by atoms with Gasteiger partial charge in [0.25, 0.3) is 0 Å². The molecule has 172 valence electrons. The Hall–Kier alpha value is -1.66. The average Bonchev–Trinajstić information content (AvgIpc) is 3.01. The highest BCUT2D eigenvalue weighted by atomic mass is 16.7. The molecule has 4 rings (SSSR count). The first-order valence-corrected chi connectivity index (χ1v) is 11.5. The third kappa shape index (κ3) is 3.86. The fourth-order valence-electron chi connectivity index (χ4n) is 6.71. The summed E-state index contributed by atoms with van der Waals surface area (Å²) in [6.45, 7) is 15.3. The van der Waals surface area contributed by atoms with E-state index in [1.807, 2.05) is 19.9 Å². The molecule has 0 spiro atoms. The van der Waals surface area contributed by atoms with Crippen LogP contribution in [0.5, 0.6) is 0 Å². The van der Waals surface area contributed by atoms with Gasteiger partial charge in [-0.25, -0.2) is 4.79 Å². The standard InChI is InChI=1S/C25H36O6/c1-15-7-10-20-24(5,12-11-21-25(20,6)14-29-23(3,4)31-21)18(15)9-8-17-19(30-16(2)26)13-28-22(17)27/h8,18-21H,1,7,9-14H2,2-6H3/b17-8-/t18-,19-,20+,21-,24-,25+/m1/s1. The summed E-state index contributed by atoms with van der Waals surface area (Å²) in [5.41, 5.74) is 1.71. The molecule has 6 atom stereocenters. The van der Waals surface area contributed by atoms with Crippen molar-refractivity contribution in [2.24, 2.45) is 22.7 Å². The van der Waals surface area contributed by atoms with E-state index in [-0.39, 0.29) is 35.4 Å². The number of hydrogen-bond acceptors (Lipinski definition) is 6. The van der Waals surface area contributed by atoms with Crippen LogP contribution in [0.1, 0.15) is 66.7 Å². The fourth-order valence-corrected chi connectivity index (χ4v) is 6.71. The maximum atomic E-state index is 12.2. The van der Waals surface area contributed by atoms with Gasteiger partial charge in [0.05, 0.1) is 18.3 Å². The van der Waals surface area contributed by atoms with Gasteiger partial charge in [-0.2, -0.15) is 0 Å². The topological polar surface area (TPSA) is 71.1 Å². The van der Waals surface area contributed by atoms with Crippen molar-refractivity contribution in [3.05, 3.63) is 23.8 Å². The van der Waals surface area contributed by atoms with E-state index in [1.165, 1.54) is 12.5 Å². The maximum Gasteiger partial charge on any atom is 0.337 e. The molecule has 0 aromatic heterocycles. The van der Waals surface area contributed by atoms with E-state index in [1.54, 1.807) is 0 Å². The first-order valence-electron chi connectivity index (χ1n) is 11.5. The van der Waals surface area contributed by atoms with E-state index in [0.29, 0.717) is 24.5 Å². The number of cyclic esters (lactones) is 1. The molecular formula is C25H36O6. The molecule has 2 saturated heterocycles. The molecule has 0 radical (unpaired) electrons. The summed E-state index contributed by atoms with van der Waals surface area (Å²) in [7, 11) is 0. The Morgan fingerprint density at radius 3 is 2.68 bits per heavy atom. The molecule has 2 aliphatic carbocycles. The summed E-state index contributed by atoms with van der Waals surface area (Å²) in [5, 5.41) is 0. The first kappa shape index (κ1) is 22.5. The smallest absolute Gasteiger partial charge is 0.337 e. The third-order valence-electron chi connectivity index (χ3n) is 8.30. The molecule has 2 saturated carbocycles. The van der Waals surface area contributed by atoms with Crippen molar-refractivity contribution in [1.29, 1.82) is 0 Å². The van der Waals surface area contributed by atoms with Gasteiger partial charge in [-0.15, -0.1) is 0 Å². The molecule has 0 amide bonds. The number of esters is 2. The van der Waals surface area contributed by atoms with Crippen LogP contribution in [0.4, 0.5) is 0 Å². The summed E-state index contributed by atoms with van der Waals surface area (Å²) in [6.07, 6.45) is 6.31. The molecule has 0 N–H and O–H groups in total. The van der Waals surface area contributed by atoms with Gasteiger partial charge in [0.15, 0.2) is 11.9 Å². The summed E-state index contributed by atoms with van der Waals surface area (Å²) in [5.74, 6) is -0.633. The van der Waals surface area contributed by atoms with Crippen LogP contribution in [0, 0.1) is 22.7 Å². The van der Waals surface area contributed by atoms with Crippen LogP contribution >= 0.6 is 0 Å². The first-order chi connectivity index (χ1) is 14.5. The lowest BCUT2D eigenvalue weighted by molar-refractivity contribution is -0.344. The minimum Gasteiger partial charge on any atom is -0.458 e. The Kier molecular flexibility index (Phi) is 5.62. The van der Waals surface area contributed by atoms with Crippen molar-refractivity contribution in [3.63, 3.8) is 0 Å². The summed E-state index contributed by atoms with van der Waals surface area (Å²) in [6, 6.07) is 0. The highest BCUT2D eigenvalue weighted by Crippen LogP contribution is 2.63. The third-order valence-corrected chi connectivity index (χ3v) is 8.30. The highest BCUT2D eigenvalue weighted by molar-refractivity contribution is 5.92. The molecule has 4 fully saturated rings. The zero-order valence-corrected chi connectivity index (χ0v) is 19.5. The SMILES string of the molecule is C=C1CC[C@H]2[C@](C)(CC[C@H]3OC(C)(C)OC[C@@]23C)[C@@H]1C/C=C1\C(=O)OC[C@H]1OC(C)=O. The van der Waals surface area contributed by atoms with Gasteiger partial charge < -0.3 is 18.9 Å². The van der Waals surface area contributed by atoms with Gasteiger partial charge in [-0.05, 0) is 63.2 Å². The summed E-state index contributed by atoms with van der Waals surface area (Å²) < 4.78 is 22.9. The molecule has 2 heterocycles. The van der Waals surface area contributed by atoms with Gasteiger partial charge in [-0.3, -0.25) is 4.79 Å². The van der Waals surface area contributed by atoms with Crippen molar-refractivity contribution in [1.82, 2.24) is 0 Å². The lowest BCUT2D eigenvalue weighted by Gasteiger charge is -2.63. The summed E-state index contributed by atoms with van der Waals surface area (Å²) in [4.78, 5) is 23.7. The van der Waals surface area contributed by atoms with Crippen LogP contribution in [0.2, 0.25) is 0 Å². The highest BCUT2D eigenvalue weighted by Gasteiger charge is 2.60. The van der Waals surface area contributed by atoms with E-state index < -0.39 is 17.9 Å². The Labute approximate surface area is 185 Å². The average molecular weight is 433 g/mol. The van der Waals surface area contributed by atoms with Crippen molar-refractivity contribution in [3.8, 4) is 0 Å². The number of rotatable bonds is 3. The second-order valence-corrected chi connectivity index (χ2v) is 10.7. The molecule has 6 heteroatoms. The molecule has 4 aliphatic rings. The van der Waals surface area contributed by atoms with Crippen molar-refractivity contribution in [2.75, 3.05) is 13.2 Å². The van der Waals surface area contributed by atoms with Gasteiger partial charge in [0, 0.05) is 12.3 Å². The van der Waals surface area contributed by atoms with E-state index in [2.05, 4.69) is 20.4 Å². The molecule has 2 aliphatic heterocycles. The zero-order chi connectivity index (χ0) is 22.6. The van der Waals surface area contributed by atoms with Crippen LogP contribution in [0.3, 0.4) is 0 Å². The predicted octanol–water partition coefficient (Wildman–Crippen LogP) is 4.33. The van der Waals surface area contributed by atoms with Crippen molar-refractivity contribution < 1.29 is 28.5 Å². The van der Waals surface area contributed by atoms with E-state index in [4.69, 9.17) is 18.9 Å². The van der Waals surface area contributed by atoms with Crippen LogP contribution in [-0.4, -0.2) is 43.1 Å². The van der Waals surface area contributed by atoms with Crippen LogP contribution in [0.25, 0.3) is 0 Å². The molecule has 0 bridgehead atoms. The monoisotopic (exact) mass is 432 g/mol. The van der Waals surface area contributed by atoms with Gasteiger partial charge >= 0.3 is 11.9 Å². The molecular weight excluding hydrogens is 396 g/mol. The summed E-state index contributed by atoms with van der Waals surface area (Å²) >= 11 is 0. The largest absolute Gasteiger partial charge is 0.458 e. The van der Waals surface area contributed by atoms with E-state index in [0.717, 1.165) is 25.7 Å². The number of allylic oxidation sites excluding steroid dienone is 2. The number of ether oxygens (including phenoxy) is 4. The maximum absolute atomic E-state index is 12.2. The Morgan fingerprint density at radius 2 is 1.97 bits per heavy atom. The van der Waals surface area contributed by atoms with E-state index in [9.17, 15) is 9.59 Å². The molecule has 31 heavy (non-hydrogen) atoms. The normalized spacial score (nSPS) is 43.2. The number of hydrogen-bond donors (Lipinski definition) is 0. The van der Waals surface area contributed by atoms with Gasteiger partial charge in [-0.1, -0.05) is 32.1 Å². The quantitative estimate of drug-likeness (QED) is 0.376. The predicted molar refractivity (Wildman–Crippen MR) is 115 cm³/mol. The second-order valence-electron chi connectivity index (χ2n) is 10.7. The second kappa shape index (κ2) is 7.73. The molecule has 0 aromatic rings. The number of carbonyl (C=O) groups is 2. The van der Waals surface area contributed by atoms with Crippen LogP contribution < -0.4 is 0 Å². The Morgan fingerprint density at radius 1 is 1.23 bits per heavy atom. The zero-order valence-electron chi connectivity index (χ0n) is 19.5. The van der Waals surface area contributed by atoms with Gasteiger partial charge in [0.2, 0.25) is 0 Å². The van der Waals surface area contributed by atoms with Crippen molar-refractivity contribution in [2.45, 2.75) is 84.7 Å². The lowest BCUT2D eigenvalue weighted by atomic mass is 9.46. The Bertz CT molecular complexity index is 813. The number of fused-ring (bicyclic) bond motifs is 3. The minimum absolute atomic E-state index is 0.0405.